The molecule has 0 atom stereocenters. The van der Waals surface area contributed by atoms with Crippen LogP contribution in [0, 0.1) is 12.7 Å². The first-order chi connectivity index (χ1) is 12.9. The average Bonchev–Trinajstić information content (AvgIpc) is 2.64. The van der Waals surface area contributed by atoms with Crippen LogP contribution in [0.4, 0.5) is 10.1 Å². The monoisotopic (exact) mass is 382 g/mol. The van der Waals surface area contributed by atoms with Crippen LogP contribution in [0.25, 0.3) is 22.1 Å². The predicted molar refractivity (Wildman–Crippen MR) is 102 cm³/mol. The van der Waals surface area contributed by atoms with Gasteiger partial charge in [0.25, 0.3) is 5.91 Å². The molecular weight excluding hydrogens is 371 g/mol. The summed E-state index contributed by atoms with van der Waals surface area (Å²) < 4.78 is 19.1. The Labute approximate surface area is 157 Å². The maximum atomic E-state index is 13.5. The second-order valence-electron chi connectivity index (χ2n) is 6.01. The topological polar surface area (TPSA) is 72.2 Å². The third-order valence-electron chi connectivity index (χ3n) is 4.16. The van der Waals surface area contributed by atoms with E-state index in [2.05, 4.69) is 10.3 Å². The number of hydrogen-bond acceptors (Lipinski definition) is 4. The van der Waals surface area contributed by atoms with Crippen molar-refractivity contribution < 1.29 is 13.6 Å². The largest absolute Gasteiger partial charge is 0.437 e. The van der Waals surface area contributed by atoms with Gasteiger partial charge in [0.1, 0.15) is 11.4 Å². The first-order valence-electron chi connectivity index (χ1n) is 8.03. The zero-order valence-electron chi connectivity index (χ0n) is 14.0. The molecule has 27 heavy (non-hydrogen) atoms. The van der Waals surface area contributed by atoms with Gasteiger partial charge in [0.05, 0.1) is 22.0 Å². The Morgan fingerprint density at radius 2 is 1.85 bits per heavy atom. The van der Waals surface area contributed by atoms with Crippen LogP contribution in [0.1, 0.15) is 16.1 Å². The Morgan fingerprint density at radius 1 is 1.11 bits per heavy atom. The van der Waals surface area contributed by atoms with E-state index in [1.165, 1.54) is 18.2 Å². The minimum Gasteiger partial charge on any atom is -0.437 e. The van der Waals surface area contributed by atoms with E-state index in [1.807, 2.05) is 0 Å². The summed E-state index contributed by atoms with van der Waals surface area (Å²) in [6.07, 6.45) is 0. The molecule has 1 N–H and O–H groups in total. The number of nitrogens with zero attached hydrogens (tertiary/aromatic N) is 1. The van der Waals surface area contributed by atoms with E-state index in [-0.39, 0.29) is 27.6 Å². The summed E-state index contributed by atoms with van der Waals surface area (Å²) in [5.41, 5.74) is 1.06. The summed E-state index contributed by atoms with van der Waals surface area (Å²) >= 11 is 5.84. The quantitative estimate of drug-likeness (QED) is 0.510. The molecule has 7 heteroatoms. The number of hydrogen-bond donors (Lipinski definition) is 1. The molecule has 0 saturated carbocycles. The van der Waals surface area contributed by atoms with E-state index in [9.17, 15) is 14.0 Å². The van der Waals surface area contributed by atoms with Crippen molar-refractivity contribution >= 4 is 45.3 Å². The maximum Gasteiger partial charge on any atom is 0.257 e. The lowest BCUT2D eigenvalue weighted by atomic mass is 10.1. The van der Waals surface area contributed by atoms with Gasteiger partial charge in [0.2, 0.25) is 11.1 Å². The minimum absolute atomic E-state index is 0.0946. The zero-order valence-corrected chi connectivity index (χ0v) is 14.8. The van der Waals surface area contributed by atoms with Crippen molar-refractivity contribution in [1.82, 2.24) is 4.98 Å². The highest BCUT2D eigenvalue weighted by Crippen LogP contribution is 2.21. The molecule has 4 aromatic rings. The number of carbonyl (C=O) groups is 1. The van der Waals surface area contributed by atoms with Crippen molar-refractivity contribution in [3.05, 3.63) is 80.9 Å². The molecule has 1 amide bonds. The fraction of sp³-hybridized carbons (Fsp3) is 0.0500. The maximum absolute atomic E-state index is 13.5. The highest BCUT2D eigenvalue weighted by Gasteiger charge is 2.16. The van der Waals surface area contributed by atoms with Gasteiger partial charge < -0.3 is 9.73 Å². The SMILES string of the molecule is Cc1nc2oc3ccc(F)cc3c(=O)c2cc1C(=O)Nc1ccc(Cl)cc1. The second kappa shape index (κ2) is 6.48. The van der Waals surface area contributed by atoms with E-state index in [0.29, 0.717) is 16.4 Å². The van der Waals surface area contributed by atoms with Crippen molar-refractivity contribution in [3.8, 4) is 0 Å². The van der Waals surface area contributed by atoms with Crippen molar-refractivity contribution in [1.29, 1.82) is 0 Å². The number of rotatable bonds is 2. The average molecular weight is 383 g/mol. The molecule has 134 valence electrons. The van der Waals surface area contributed by atoms with E-state index in [1.54, 1.807) is 31.2 Å². The molecule has 0 bridgehead atoms. The summed E-state index contributed by atoms with van der Waals surface area (Å²) in [6.45, 7) is 1.64. The van der Waals surface area contributed by atoms with E-state index >= 15 is 0 Å². The lowest BCUT2D eigenvalue weighted by Crippen LogP contribution is -2.15. The van der Waals surface area contributed by atoms with Gasteiger partial charge in [-0.1, -0.05) is 11.6 Å². The van der Waals surface area contributed by atoms with Crippen molar-refractivity contribution in [2.75, 3.05) is 5.32 Å². The van der Waals surface area contributed by atoms with E-state index in [0.717, 1.165) is 6.07 Å². The first kappa shape index (κ1) is 17.2. The van der Waals surface area contributed by atoms with Crippen molar-refractivity contribution in [2.45, 2.75) is 6.92 Å². The lowest BCUT2D eigenvalue weighted by molar-refractivity contribution is 0.102. The van der Waals surface area contributed by atoms with Gasteiger partial charge >= 0.3 is 0 Å². The molecule has 5 nitrogen and oxygen atoms in total. The minimum atomic E-state index is -0.546. The van der Waals surface area contributed by atoms with Crippen LogP contribution in [0.5, 0.6) is 0 Å². The standard InChI is InChI=1S/C20H12ClFN2O3/c1-10-14(19(26)24-13-5-2-11(21)3-6-13)9-16-18(25)15-8-12(22)4-7-17(15)27-20(16)23-10/h2-9H,1H3,(H,24,26). The van der Waals surface area contributed by atoms with Gasteiger partial charge in [-0.3, -0.25) is 9.59 Å². The van der Waals surface area contributed by atoms with Gasteiger partial charge in [0, 0.05) is 10.7 Å². The number of halogens is 2. The molecular formula is C20H12ClFN2O3. The van der Waals surface area contributed by atoms with Crippen molar-refractivity contribution in [3.63, 3.8) is 0 Å². The summed E-state index contributed by atoms with van der Waals surface area (Å²) in [5, 5.41) is 3.48. The second-order valence-corrected chi connectivity index (χ2v) is 6.44. The lowest BCUT2D eigenvalue weighted by Gasteiger charge is -2.09. The number of fused-ring (bicyclic) bond motifs is 2. The number of nitrogens with one attached hydrogen (secondary N) is 1. The Balaban J connectivity index is 1.83. The Kier molecular flexibility index (Phi) is 4.12. The Hall–Kier alpha value is -3.25. The number of carbonyl (C=O) groups excluding carboxylic acids is 1. The first-order valence-corrected chi connectivity index (χ1v) is 8.41. The van der Waals surface area contributed by atoms with Gasteiger partial charge in [-0.2, -0.15) is 0 Å². The molecule has 2 heterocycles. The van der Waals surface area contributed by atoms with Gasteiger partial charge in [-0.15, -0.1) is 0 Å². The smallest absolute Gasteiger partial charge is 0.257 e. The van der Waals surface area contributed by atoms with Crippen LogP contribution in [0.2, 0.25) is 5.02 Å². The van der Waals surface area contributed by atoms with Crippen molar-refractivity contribution in [2.24, 2.45) is 0 Å². The van der Waals surface area contributed by atoms with Gasteiger partial charge in [0.15, 0.2) is 0 Å². The predicted octanol–water partition coefficient (Wildman–Crippen LogP) is 4.69. The van der Waals surface area contributed by atoms with Crippen LogP contribution >= 0.6 is 11.6 Å². The van der Waals surface area contributed by atoms with Gasteiger partial charge in [-0.25, -0.2) is 9.37 Å². The summed E-state index contributed by atoms with van der Waals surface area (Å²) in [6, 6.07) is 11.7. The molecule has 2 aromatic carbocycles. The molecule has 2 aromatic heterocycles. The molecule has 0 saturated heterocycles. The number of benzene rings is 2. The van der Waals surface area contributed by atoms with Crippen LogP contribution in [-0.4, -0.2) is 10.9 Å². The van der Waals surface area contributed by atoms with E-state index in [4.69, 9.17) is 16.0 Å². The summed E-state index contributed by atoms with van der Waals surface area (Å²) in [5.74, 6) is -0.974. The summed E-state index contributed by atoms with van der Waals surface area (Å²) in [7, 11) is 0. The highest BCUT2D eigenvalue weighted by molar-refractivity contribution is 6.30. The normalized spacial score (nSPS) is 11.1. The number of anilines is 1. The molecule has 0 aliphatic rings. The van der Waals surface area contributed by atoms with Crippen LogP contribution < -0.4 is 10.7 Å². The number of aromatic nitrogens is 1. The van der Waals surface area contributed by atoms with Gasteiger partial charge in [-0.05, 0) is 55.5 Å². The number of pyridine rings is 1. The van der Waals surface area contributed by atoms with E-state index < -0.39 is 17.2 Å². The highest BCUT2D eigenvalue weighted by atomic mass is 35.5. The van der Waals surface area contributed by atoms with Crippen LogP contribution in [0.15, 0.2) is 57.7 Å². The molecule has 0 aliphatic carbocycles. The molecule has 0 radical (unpaired) electrons. The Bertz CT molecular complexity index is 1270. The third kappa shape index (κ3) is 3.15. The molecule has 0 unspecified atom stereocenters. The summed E-state index contributed by atoms with van der Waals surface area (Å²) in [4.78, 5) is 29.6. The Morgan fingerprint density at radius 3 is 2.59 bits per heavy atom. The fourth-order valence-corrected chi connectivity index (χ4v) is 2.93. The third-order valence-corrected chi connectivity index (χ3v) is 4.41. The molecule has 4 rings (SSSR count). The zero-order chi connectivity index (χ0) is 19.1. The van der Waals surface area contributed by atoms with Crippen LogP contribution in [-0.2, 0) is 0 Å². The fourth-order valence-electron chi connectivity index (χ4n) is 2.80. The van der Waals surface area contributed by atoms with Crippen LogP contribution in [0.3, 0.4) is 0 Å². The molecule has 0 aliphatic heterocycles. The molecule has 0 spiro atoms. The number of amides is 1. The number of aryl methyl sites for hydroxylation is 1. The molecule has 0 fully saturated rings.